The Balaban J connectivity index is 1.87. The van der Waals surface area contributed by atoms with Gasteiger partial charge in [-0.05, 0) is 49.1 Å². The second-order valence-corrected chi connectivity index (χ2v) is 5.18. The van der Waals surface area contributed by atoms with E-state index in [9.17, 15) is 4.39 Å². The van der Waals surface area contributed by atoms with Gasteiger partial charge in [0.05, 0.1) is 0 Å². The van der Waals surface area contributed by atoms with Crippen molar-refractivity contribution in [3.05, 3.63) is 59.9 Å². The third kappa shape index (κ3) is 2.85. The van der Waals surface area contributed by atoms with Gasteiger partial charge in [0.1, 0.15) is 5.82 Å². The highest BCUT2D eigenvalue weighted by molar-refractivity contribution is 5.64. The van der Waals surface area contributed by atoms with E-state index >= 15 is 0 Å². The summed E-state index contributed by atoms with van der Waals surface area (Å²) in [5.41, 5.74) is 2.86. The molecule has 0 aliphatic carbocycles. The minimum absolute atomic E-state index is 0.144. The van der Waals surface area contributed by atoms with Gasteiger partial charge in [-0.3, -0.25) is 0 Å². The van der Waals surface area contributed by atoms with E-state index in [1.54, 1.807) is 6.07 Å². The van der Waals surface area contributed by atoms with Crippen molar-refractivity contribution in [1.82, 2.24) is 5.32 Å². The predicted molar refractivity (Wildman–Crippen MR) is 76.6 cm³/mol. The Morgan fingerprint density at radius 3 is 2.68 bits per heavy atom. The third-order valence-corrected chi connectivity index (χ3v) is 3.76. The number of halogens is 1. The molecule has 1 saturated heterocycles. The number of rotatable bonds is 3. The van der Waals surface area contributed by atoms with Crippen LogP contribution in [0.3, 0.4) is 0 Å². The fraction of sp³-hybridized carbons (Fsp3) is 0.294. The third-order valence-electron chi connectivity index (χ3n) is 3.76. The highest BCUT2D eigenvalue weighted by atomic mass is 19.1. The molecule has 0 bridgehead atoms. The lowest BCUT2D eigenvalue weighted by atomic mass is 9.98. The second-order valence-electron chi connectivity index (χ2n) is 5.18. The molecule has 1 heterocycles. The van der Waals surface area contributed by atoms with Crippen LogP contribution in [-0.4, -0.2) is 12.6 Å². The second kappa shape index (κ2) is 5.54. The average Bonchev–Trinajstić information content (AvgIpc) is 2.95. The lowest BCUT2D eigenvalue weighted by Gasteiger charge is -2.12. The molecular weight excluding hydrogens is 237 g/mol. The van der Waals surface area contributed by atoms with Crippen LogP contribution >= 0.6 is 0 Å². The molecule has 1 N–H and O–H groups in total. The SMILES string of the molecule is Fc1ccc(CC2CCCN2)cc1-c1ccccc1. The minimum Gasteiger partial charge on any atom is -0.314 e. The van der Waals surface area contributed by atoms with Crippen molar-refractivity contribution in [3.8, 4) is 11.1 Å². The molecule has 1 nitrogen and oxygen atoms in total. The number of hydrogen-bond donors (Lipinski definition) is 1. The highest BCUT2D eigenvalue weighted by Gasteiger charge is 2.15. The van der Waals surface area contributed by atoms with Crippen LogP contribution in [-0.2, 0) is 6.42 Å². The van der Waals surface area contributed by atoms with Crippen molar-refractivity contribution in [2.75, 3.05) is 6.54 Å². The first-order valence-electron chi connectivity index (χ1n) is 6.90. The smallest absolute Gasteiger partial charge is 0.131 e. The maximum atomic E-state index is 14.0. The van der Waals surface area contributed by atoms with Crippen LogP contribution in [0.15, 0.2) is 48.5 Å². The molecule has 1 aliphatic rings. The van der Waals surface area contributed by atoms with Crippen LogP contribution in [0, 0.1) is 5.82 Å². The quantitative estimate of drug-likeness (QED) is 0.880. The first-order valence-corrected chi connectivity index (χ1v) is 6.90. The largest absolute Gasteiger partial charge is 0.314 e. The number of benzene rings is 2. The molecule has 1 fully saturated rings. The van der Waals surface area contributed by atoms with Crippen molar-refractivity contribution < 1.29 is 4.39 Å². The van der Waals surface area contributed by atoms with E-state index < -0.39 is 0 Å². The van der Waals surface area contributed by atoms with Gasteiger partial charge >= 0.3 is 0 Å². The van der Waals surface area contributed by atoms with Crippen molar-refractivity contribution >= 4 is 0 Å². The molecule has 2 heteroatoms. The molecule has 0 amide bonds. The number of nitrogens with one attached hydrogen (secondary N) is 1. The van der Waals surface area contributed by atoms with Crippen LogP contribution in [0.1, 0.15) is 18.4 Å². The van der Waals surface area contributed by atoms with E-state index in [0.717, 1.165) is 18.5 Å². The summed E-state index contributed by atoms with van der Waals surface area (Å²) in [4.78, 5) is 0. The van der Waals surface area contributed by atoms with Crippen LogP contribution in [0.5, 0.6) is 0 Å². The Kier molecular flexibility index (Phi) is 3.60. The summed E-state index contributed by atoms with van der Waals surface area (Å²) in [6, 6.07) is 15.8. The van der Waals surface area contributed by atoms with E-state index in [-0.39, 0.29) is 5.82 Å². The molecule has 0 aromatic heterocycles. The van der Waals surface area contributed by atoms with E-state index in [1.165, 1.54) is 18.4 Å². The van der Waals surface area contributed by atoms with E-state index in [0.29, 0.717) is 11.6 Å². The Morgan fingerprint density at radius 2 is 1.95 bits per heavy atom. The van der Waals surface area contributed by atoms with Gasteiger partial charge in [0.25, 0.3) is 0 Å². The molecule has 3 rings (SSSR count). The first-order chi connectivity index (χ1) is 9.33. The first kappa shape index (κ1) is 12.4. The van der Waals surface area contributed by atoms with E-state index in [1.807, 2.05) is 42.5 Å². The molecule has 1 atom stereocenters. The van der Waals surface area contributed by atoms with Crippen LogP contribution in [0.4, 0.5) is 4.39 Å². The lowest BCUT2D eigenvalue weighted by Crippen LogP contribution is -2.23. The van der Waals surface area contributed by atoms with E-state index in [2.05, 4.69) is 5.32 Å². The maximum Gasteiger partial charge on any atom is 0.131 e. The Morgan fingerprint density at radius 1 is 1.11 bits per heavy atom. The summed E-state index contributed by atoms with van der Waals surface area (Å²) >= 11 is 0. The van der Waals surface area contributed by atoms with Crippen molar-refractivity contribution in [2.45, 2.75) is 25.3 Å². The van der Waals surface area contributed by atoms with Crippen molar-refractivity contribution in [3.63, 3.8) is 0 Å². The predicted octanol–water partition coefficient (Wildman–Crippen LogP) is 3.79. The Labute approximate surface area is 113 Å². The van der Waals surface area contributed by atoms with Gasteiger partial charge in [0, 0.05) is 11.6 Å². The molecular formula is C17H18FN. The standard InChI is InChI=1S/C17H18FN/c18-17-9-8-13(11-15-7-4-10-19-15)12-16(17)14-5-2-1-3-6-14/h1-3,5-6,8-9,12,15,19H,4,7,10-11H2. The molecule has 1 aliphatic heterocycles. The van der Waals surface area contributed by atoms with Gasteiger partial charge < -0.3 is 5.32 Å². The minimum atomic E-state index is -0.144. The van der Waals surface area contributed by atoms with Crippen molar-refractivity contribution in [2.24, 2.45) is 0 Å². The summed E-state index contributed by atoms with van der Waals surface area (Å²) in [5, 5.41) is 3.49. The van der Waals surface area contributed by atoms with Gasteiger partial charge in [-0.2, -0.15) is 0 Å². The molecule has 2 aromatic carbocycles. The topological polar surface area (TPSA) is 12.0 Å². The normalized spacial score (nSPS) is 18.7. The molecule has 0 spiro atoms. The van der Waals surface area contributed by atoms with Gasteiger partial charge in [-0.15, -0.1) is 0 Å². The van der Waals surface area contributed by atoms with Crippen LogP contribution in [0.25, 0.3) is 11.1 Å². The van der Waals surface area contributed by atoms with Crippen LogP contribution in [0.2, 0.25) is 0 Å². The van der Waals surface area contributed by atoms with Gasteiger partial charge in [-0.25, -0.2) is 4.39 Å². The summed E-state index contributed by atoms with van der Waals surface area (Å²) in [5.74, 6) is -0.144. The molecule has 2 aromatic rings. The molecule has 98 valence electrons. The number of hydrogen-bond acceptors (Lipinski definition) is 1. The lowest BCUT2D eigenvalue weighted by molar-refractivity contribution is 0.599. The summed E-state index contributed by atoms with van der Waals surface area (Å²) < 4.78 is 14.0. The van der Waals surface area contributed by atoms with Gasteiger partial charge in [0.2, 0.25) is 0 Å². The molecule has 0 radical (unpaired) electrons. The summed E-state index contributed by atoms with van der Waals surface area (Å²) in [6.45, 7) is 1.11. The maximum absolute atomic E-state index is 14.0. The van der Waals surface area contributed by atoms with Gasteiger partial charge in [0.15, 0.2) is 0 Å². The monoisotopic (exact) mass is 255 g/mol. The zero-order valence-corrected chi connectivity index (χ0v) is 10.9. The fourth-order valence-electron chi connectivity index (χ4n) is 2.75. The van der Waals surface area contributed by atoms with Crippen molar-refractivity contribution in [1.29, 1.82) is 0 Å². The molecule has 1 unspecified atom stereocenters. The fourth-order valence-corrected chi connectivity index (χ4v) is 2.75. The average molecular weight is 255 g/mol. The van der Waals surface area contributed by atoms with Crippen LogP contribution < -0.4 is 5.32 Å². The summed E-state index contributed by atoms with van der Waals surface area (Å²) in [7, 11) is 0. The Bertz CT molecular complexity index is 544. The summed E-state index contributed by atoms with van der Waals surface area (Å²) in [6.07, 6.45) is 3.45. The van der Waals surface area contributed by atoms with Gasteiger partial charge in [-0.1, -0.05) is 36.4 Å². The molecule has 19 heavy (non-hydrogen) atoms. The highest BCUT2D eigenvalue weighted by Crippen LogP contribution is 2.25. The zero-order valence-electron chi connectivity index (χ0n) is 10.9. The van der Waals surface area contributed by atoms with E-state index in [4.69, 9.17) is 0 Å². The zero-order chi connectivity index (χ0) is 13.1. The Hall–Kier alpha value is -1.67. The molecule has 0 saturated carbocycles.